The molecule has 6 nitrogen and oxygen atoms in total. The average Bonchev–Trinajstić information content (AvgIpc) is 2.94. The van der Waals surface area contributed by atoms with Crippen molar-refractivity contribution in [1.29, 1.82) is 0 Å². The predicted molar refractivity (Wildman–Crippen MR) is 91.3 cm³/mol. The van der Waals surface area contributed by atoms with Gasteiger partial charge in [0.05, 0.1) is 6.61 Å². The van der Waals surface area contributed by atoms with E-state index in [0.29, 0.717) is 26.7 Å². The van der Waals surface area contributed by atoms with Crippen LogP contribution < -0.4 is 5.32 Å². The third-order valence-electron chi connectivity index (χ3n) is 2.61. The van der Waals surface area contributed by atoms with Crippen LogP contribution in [0, 0.1) is 0 Å². The summed E-state index contributed by atoms with van der Waals surface area (Å²) in [7, 11) is 0. The van der Waals surface area contributed by atoms with Gasteiger partial charge in [0.25, 0.3) is 5.91 Å². The lowest BCUT2D eigenvalue weighted by atomic mass is 10.2. The van der Waals surface area contributed by atoms with Gasteiger partial charge < -0.3 is 4.74 Å². The molecule has 2 rings (SSSR count). The number of nitrogens with one attached hydrogen (secondary N) is 1. The molecule has 2 aromatic rings. The molecule has 1 amide bonds. The van der Waals surface area contributed by atoms with Crippen molar-refractivity contribution in [2.75, 3.05) is 11.9 Å². The maximum Gasteiger partial charge on any atom is 0.319 e. The van der Waals surface area contributed by atoms with E-state index in [-0.39, 0.29) is 17.1 Å². The molecule has 1 aromatic carbocycles. The summed E-state index contributed by atoms with van der Waals surface area (Å²) in [6.45, 7) is 3.82. The highest BCUT2D eigenvalue weighted by Crippen LogP contribution is 2.29. The summed E-state index contributed by atoms with van der Waals surface area (Å²) in [5.74, 6) is -0.629. The summed E-state index contributed by atoms with van der Waals surface area (Å²) < 4.78 is 5.51. The van der Waals surface area contributed by atoms with Crippen molar-refractivity contribution in [3.05, 3.63) is 34.9 Å². The van der Waals surface area contributed by atoms with Crippen LogP contribution in [-0.2, 0) is 9.53 Å². The summed E-state index contributed by atoms with van der Waals surface area (Å²) in [5, 5.41) is 10.9. The van der Waals surface area contributed by atoms with Crippen molar-refractivity contribution in [3.8, 4) is 0 Å². The number of benzene rings is 1. The minimum absolute atomic E-state index is 0.308. The fourth-order valence-electron chi connectivity index (χ4n) is 1.57. The Morgan fingerprint density at radius 1 is 1.43 bits per heavy atom. The molecule has 1 N–H and O–H groups in total. The molecular formula is C14H14ClN3O3S2. The van der Waals surface area contributed by atoms with E-state index in [4.69, 9.17) is 16.3 Å². The molecule has 0 radical (unpaired) electrons. The van der Waals surface area contributed by atoms with Gasteiger partial charge in [-0.3, -0.25) is 14.9 Å². The summed E-state index contributed by atoms with van der Waals surface area (Å²) in [5.41, 5.74) is 0.432. The number of ether oxygens (including phenoxy) is 1. The number of rotatable bonds is 6. The number of aromatic nitrogens is 2. The first kappa shape index (κ1) is 17.7. The molecule has 0 spiro atoms. The largest absolute Gasteiger partial charge is 0.465 e. The topological polar surface area (TPSA) is 81.2 Å². The monoisotopic (exact) mass is 371 g/mol. The number of halogens is 1. The highest BCUT2D eigenvalue weighted by molar-refractivity contribution is 8.02. The Kier molecular flexibility index (Phi) is 6.37. The third-order valence-corrected chi connectivity index (χ3v) is 4.85. The van der Waals surface area contributed by atoms with Crippen molar-refractivity contribution in [2.45, 2.75) is 23.4 Å². The average molecular weight is 372 g/mol. The summed E-state index contributed by atoms with van der Waals surface area (Å²) in [4.78, 5) is 23.7. The molecule has 1 unspecified atom stereocenters. The minimum Gasteiger partial charge on any atom is -0.465 e. The molecule has 0 saturated carbocycles. The van der Waals surface area contributed by atoms with Crippen molar-refractivity contribution >= 4 is 51.7 Å². The number of anilines is 1. The number of hydrogen-bond acceptors (Lipinski definition) is 7. The van der Waals surface area contributed by atoms with Crippen LogP contribution in [0.3, 0.4) is 0 Å². The van der Waals surface area contributed by atoms with E-state index in [1.807, 2.05) is 0 Å². The number of amides is 1. The van der Waals surface area contributed by atoms with Crippen molar-refractivity contribution in [2.24, 2.45) is 0 Å². The molecule has 0 aliphatic carbocycles. The molecule has 122 valence electrons. The molecule has 23 heavy (non-hydrogen) atoms. The number of nitrogens with zero attached hydrogens (tertiary/aromatic N) is 2. The Morgan fingerprint density at radius 2 is 2.22 bits per heavy atom. The van der Waals surface area contributed by atoms with Crippen LogP contribution in [0.4, 0.5) is 5.13 Å². The summed E-state index contributed by atoms with van der Waals surface area (Å²) in [6.07, 6.45) is 0. The molecule has 0 aliphatic rings. The maximum atomic E-state index is 12.1. The van der Waals surface area contributed by atoms with E-state index in [1.54, 1.807) is 38.1 Å². The van der Waals surface area contributed by atoms with Gasteiger partial charge in [0, 0.05) is 10.6 Å². The normalized spacial score (nSPS) is 11.8. The molecule has 1 heterocycles. The van der Waals surface area contributed by atoms with Crippen LogP contribution >= 0.6 is 34.7 Å². The van der Waals surface area contributed by atoms with Gasteiger partial charge in [-0.25, -0.2) is 0 Å². The number of hydrogen-bond donors (Lipinski definition) is 1. The fourth-order valence-corrected chi connectivity index (χ4v) is 3.65. The lowest BCUT2D eigenvalue weighted by molar-refractivity contribution is -0.142. The maximum absolute atomic E-state index is 12.1. The van der Waals surface area contributed by atoms with Gasteiger partial charge >= 0.3 is 5.97 Å². The Balaban J connectivity index is 1.97. The zero-order chi connectivity index (χ0) is 16.8. The van der Waals surface area contributed by atoms with Crippen LogP contribution in [0.1, 0.15) is 24.2 Å². The van der Waals surface area contributed by atoms with Gasteiger partial charge in [-0.2, -0.15) is 0 Å². The molecule has 0 fully saturated rings. The molecule has 9 heteroatoms. The first-order valence-corrected chi connectivity index (χ1v) is 8.80. The standard InChI is InChI=1S/C14H14ClN3O3S2/c1-3-21-12(20)8(2)22-14-18-17-13(23-14)16-11(19)9-5-4-6-10(15)7-9/h4-8H,3H2,1-2H3,(H,16,17,19). The van der Waals surface area contributed by atoms with Gasteiger partial charge in [-0.05, 0) is 32.0 Å². The van der Waals surface area contributed by atoms with Crippen LogP contribution in [0.2, 0.25) is 5.02 Å². The van der Waals surface area contributed by atoms with Crippen molar-refractivity contribution in [1.82, 2.24) is 10.2 Å². The Morgan fingerprint density at radius 3 is 2.91 bits per heavy atom. The highest BCUT2D eigenvalue weighted by atomic mass is 35.5. The lowest BCUT2D eigenvalue weighted by Gasteiger charge is -2.06. The zero-order valence-corrected chi connectivity index (χ0v) is 14.8. The van der Waals surface area contributed by atoms with Crippen LogP contribution in [0.15, 0.2) is 28.6 Å². The highest BCUT2D eigenvalue weighted by Gasteiger charge is 2.18. The first-order valence-electron chi connectivity index (χ1n) is 6.73. The number of carbonyl (C=O) groups excluding carboxylic acids is 2. The Bertz CT molecular complexity index is 708. The van der Waals surface area contributed by atoms with Crippen LogP contribution in [0.25, 0.3) is 0 Å². The predicted octanol–water partition coefficient (Wildman–Crippen LogP) is 3.49. The number of esters is 1. The molecule has 0 aliphatic heterocycles. The quantitative estimate of drug-likeness (QED) is 0.475. The number of thioether (sulfide) groups is 1. The fraction of sp³-hybridized carbons (Fsp3) is 0.286. The second-order valence-corrected chi connectivity index (χ2v) is 7.35. The Hall–Kier alpha value is -1.64. The van der Waals surface area contributed by atoms with Crippen molar-refractivity contribution in [3.63, 3.8) is 0 Å². The second-order valence-electron chi connectivity index (χ2n) is 4.35. The van der Waals surface area contributed by atoms with E-state index in [1.165, 1.54) is 23.1 Å². The zero-order valence-electron chi connectivity index (χ0n) is 12.4. The number of carbonyl (C=O) groups is 2. The second kappa shape index (κ2) is 8.28. The molecule has 0 bridgehead atoms. The van der Waals surface area contributed by atoms with Crippen LogP contribution in [0.5, 0.6) is 0 Å². The summed E-state index contributed by atoms with van der Waals surface area (Å²) >= 11 is 8.28. The van der Waals surface area contributed by atoms with Gasteiger partial charge in [0.1, 0.15) is 5.25 Å². The van der Waals surface area contributed by atoms with Gasteiger partial charge in [0.15, 0.2) is 4.34 Å². The summed E-state index contributed by atoms with van der Waals surface area (Å²) in [6, 6.07) is 6.60. The van der Waals surface area contributed by atoms with E-state index in [2.05, 4.69) is 15.5 Å². The van der Waals surface area contributed by atoms with Gasteiger partial charge in [-0.1, -0.05) is 40.8 Å². The van der Waals surface area contributed by atoms with E-state index >= 15 is 0 Å². The minimum atomic E-state index is -0.389. The van der Waals surface area contributed by atoms with Crippen molar-refractivity contribution < 1.29 is 14.3 Å². The van der Waals surface area contributed by atoms with Gasteiger partial charge in [-0.15, -0.1) is 10.2 Å². The molecule has 1 atom stereocenters. The third kappa shape index (κ3) is 5.19. The lowest BCUT2D eigenvalue weighted by Crippen LogP contribution is -2.16. The molecular weight excluding hydrogens is 358 g/mol. The molecule has 1 aromatic heterocycles. The van der Waals surface area contributed by atoms with Crippen LogP contribution in [-0.4, -0.2) is 33.9 Å². The van der Waals surface area contributed by atoms with E-state index in [9.17, 15) is 9.59 Å². The first-order chi connectivity index (χ1) is 11.0. The van der Waals surface area contributed by atoms with Gasteiger partial charge in [0.2, 0.25) is 5.13 Å². The smallest absolute Gasteiger partial charge is 0.319 e. The van der Waals surface area contributed by atoms with E-state index < -0.39 is 0 Å². The Labute approximate surface area is 146 Å². The molecule has 0 saturated heterocycles. The SMILES string of the molecule is CCOC(=O)C(C)Sc1nnc(NC(=O)c2cccc(Cl)c2)s1. The van der Waals surface area contributed by atoms with E-state index in [0.717, 1.165) is 0 Å².